The number of morpholine rings is 1. The average molecular weight is 219 g/mol. The van der Waals surface area contributed by atoms with Crippen LogP contribution >= 0.6 is 0 Å². The lowest BCUT2D eigenvalue weighted by molar-refractivity contribution is 0.0739. The van der Waals surface area contributed by atoms with Crippen LogP contribution in [0.5, 0.6) is 5.88 Å². The van der Waals surface area contributed by atoms with Gasteiger partial charge in [-0.05, 0) is 12.1 Å². The molecule has 5 nitrogen and oxygen atoms in total. The zero-order valence-corrected chi connectivity index (χ0v) is 8.76. The van der Waals surface area contributed by atoms with Crippen LogP contribution in [0.1, 0.15) is 11.9 Å². The topological polar surface area (TPSA) is 58.8 Å². The number of fused-ring (bicyclic) bond motifs is 1. The third-order valence-corrected chi connectivity index (χ3v) is 2.79. The molecule has 0 radical (unpaired) electrons. The van der Waals surface area contributed by atoms with Crippen molar-refractivity contribution in [3.05, 3.63) is 30.2 Å². The maximum Gasteiger partial charge on any atom is 0.197 e. The molecule has 1 unspecified atom stereocenters. The van der Waals surface area contributed by atoms with Crippen LogP contribution in [0.2, 0.25) is 0 Å². The number of hydrogen-bond acceptors (Lipinski definition) is 4. The van der Waals surface area contributed by atoms with Gasteiger partial charge in [0, 0.05) is 6.54 Å². The largest absolute Gasteiger partial charge is 0.494 e. The van der Waals surface area contributed by atoms with Crippen LogP contribution in [0.25, 0.3) is 5.52 Å². The van der Waals surface area contributed by atoms with E-state index in [1.54, 1.807) is 22.7 Å². The Morgan fingerprint density at radius 2 is 2.44 bits per heavy atom. The predicted octanol–water partition coefficient (Wildman–Crippen LogP) is 0.701. The lowest BCUT2D eigenvalue weighted by atomic mass is 10.2. The second kappa shape index (κ2) is 3.77. The van der Waals surface area contributed by atoms with E-state index in [9.17, 15) is 5.11 Å². The molecular weight excluding hydrogens is 206 g/mol. The first-order chi connectivity index (χ1) is 7.86. The minimum absolute atomic E-state index is 0.0459. The first kappa shape index (κ1) is 9.62. The molecule has 2 N–H and O–H groups in total. The van der Waals surface area contributed by atoms with Gasteiger partial charge in [-0.1, -0.05) is 6.07 Å². The highest BCUT2D eigenvalue weighted by Gasteiger charge is 2.20. The number of nitrogens with zero attached hydrogens (tertiary/aromatic N) is 2. The van der Waals surface area contributed by atoms with Gasteiger partial charge in [-0.15, -0.1) is 0 Å². The van der Waals surface area contributed by atoms with Gasteiger partial charge in [-0.2, -0.15) is 0 Å². The zero-order valence-electron chi connectivity index (χ0n) is 8.76. The molecule has 1 atom stereocenters. The summed E-state index contributed by atoms with van der Waals surface area (Å²) >= 11 is 0. The van der Waals surface area contributed by atoms with Crippen molar-refractivity contribution in [2.45, 2.75) is 6.04 Å². The maximum atomic E-state index is 9.83. The fourth-order valence-corrected chi connectivity index (χ4v) is 2.03. The van der Waals surface area contributed by atoms with E-state index in [1.165, 1.54) is 0 Å². The normalized spacial score (nSPS) is 21.4. The van der Waals surface area contributed by atoms with Gasteiger partial charge in [0.25, 0.3) is 0 Å². The van der Waals surface area contributed by atoms with Gasteiger partial charge in [0.05, 0.1) is 31.0 Å². The summed E-state index contributed by atoms with van der Waals surface area (Å²) < 4.78 is 7.14. The van der Waals surface area contributed by atoms with E-state index in [0.29, 0.717) is 6.61 Å². The zero-order chi connectivity index (χ0) is 11.0. The number of imidazole rings is 1. The van der Waals surface area contributed by atoms with E-state index in [1.807, 2.05) is 6.07 Å². The van der Waals surface area contributed by atoms with Crippen LogP contribution < -0.4 is 5.32 Å². The Bertz CT molecular complexity index is 503. The number of rotatable bonds is 1. The highest BCUT2D eigenvalue weighted by atomic mass is 16.5. The molecular formula is C11H13N3O2. The first-order valence-corrected chi connectivity index (χ1v) is 5.33. The highest BCUT2D eigenvalue weighted by molar-refractivity contribution is 5.49. The van der Waals surface area contributed by atoms with Gasteiger partial charge in [0.1, 0.15) is 5.82 Å². The molecule has 3 rings (SSSR count). The van der Waals surface area contributed by atoms with Gasteiger partial charge in [0.15, 0.2) is 5.88 Å². The number of nitrogens with one attached hydrogen (secondary N) is 1. The fourth-order valence-electron chi connectivity index (χ4n) is 2.03. The van der Waals surface area contributed by atoms with Gasteiger partial charge in [0.2, 0.25) is 0 Å². The second-order valence-corrected chi connectivity index (χ2v) is 3.84. The van der Waals surface area contributed by atoms with E-state index < -0.39 is 0 Å². The summed E-state index contributed by atoms with van der Waals surface area (Å²) in [6, 6.07) is 5.42. The van der Waals surface area contributed by atoms with Crippen molar-refractivity contribution < 1.29 is 9.84 Å². The molecule has 3 heterocycles. The van der Waals surface area contributed by atoms with Gasteiger partial charge in [-0.25, -0.2) is 4.98 Å². The monoisotopic (exact) mass is 219 g/mol. The number of aromatic nitrogens is 2. The van der Waals surface area contributed by atoms with Gasteiger partial charge >= 0.3 is 0 Å². The number of ether oxygens (including phenoxy) is 1. The van der Waals surface area contributed by atoms with Crippen molar-refractivity contribution >= 4 is 5.52 Å². The molecule has 2 aromatic rings. The van der Waals surface area contributed by atoms with E-state index in [0.717, 1.165) is 24.5 Å². The lowest BCUT2D eigenvalue weighted by Crippen LogP contribution is -2.35. The molecule has 1 fully saturated rings. The van der Waals surface area contributed by atoms with E-state index >= 15 is 0 Å². The molecule has 0 bridgehead atoms. The number of pyridine rings is 1. The van der Waals surface area contributed by atoms with Crippen molar-refractivity contribution in [2.24, 2.45) is 0 Å². The Morgan fingerprint density at radius 3 is 3.25 bits per heavy atom. The number of hydrogen-bond donors (Lipinski definition) is 2. The molecule has 0 aliphatic carbocycles. The smallest absolute Gasteiger partial charge is 0.197 e. The maximum absolute atomic E-state index is 9.83. The lowest BCUT2D eigenvalue weighted by Gasteiger charge is -2.22. The van der Waals surface area contributed by atoms with Crippen LogP contribution in [-0.2, 0) is 4.74 Å². The van der Waals surface area contributed by atoms with E-state index in [-0.39, 0.29) is 11.9 Å². The Hall–Kier alpha value is -1.59. The van der Waals surface area contributed by atoms with Gasteiger partial charge < -0.3 is 15.2 Å². The first-order valence-electron chi connectivity index (χ1n) is 5.33. The van der Waals surface area contributed by atoms with E-state index in [4.69, 9.17) is 4.74 Å². The Morgan fingerprint density at radius 1 is 1.50 bits per heavy atom. The third-order valence-electron chi connectivity index (χ3n) is 2.79. The summed E-state index contributed by atoms with van der Waals surface area (Å²) in [6.07, 6.45) is 1.76. The van der Waals surface area contributed by atoms with Crippen molar-refractivity contribution in [2.75, 3.05) is 19.8 Å². The molecule has 16 heavy (non-hydrogen) atoms. The van der Waals surface area contributed by atoms with Gasteiger partial charge in [-0.3, -0.25) is 4.40 Å². The molecule has 5 heteroatoms. The highest BCUT2D eigenvalue weighted by Crippen LogP contribution is 2.21. The summed E-state index contributed by atoms with van der Waals surface area (Å²) in [7, 11) is 0. The predicted molar refractivity (Wildman–Crippen MR) is 58.4 cm³/mol. The summed E-state index contributed by atoms with van der Waals surface area (Å²) in [5.74, 6) is 1.00. The average Bonchev–Trinajstić information content (AvgIpc) is 2.75. The SMILES string of the molecule is Oc1cccc2cnc(C3COCCN3)n12. The molecule has 0 spiro atoms. The number of aromatic hydroxyl groups is 1. The molecule has 1 aliphatic heterocycles. The summed E-state index contributed by atoms with van der Waals surface area (Å²) in [6.45, 7) is 2.13. The van der Waals surface area contributed by atoms with Crippen molar-refractivity contribution in [3.63, 3.8) is 0 Å². The molecule has 0 saturated carbocycles. The summed E-state index contributed by atoms with van der Waals surface area (Å²) in [4.78, 5) is 4.34. The van der Waals surface area contributed by atoms with Crippen LogP contribution in [0, 0.1) is 0 Å². The fraction of sp³-hybridized carbons (Fsp3) is 0.364. The van der Waals surface area contributed by atoms with Crippen LogP contribution in [0.15, 0.2) is 24.4 Å². The molecule has 1 saturated heterocycles. The summed E-state index contributed by atoms with van der Waals surface area (Å²) in [5, 5.41) is 13.1. The summed E-state index contributed by atoms with van der Waals surface area (Å²) in [5.41, 5.74) is 0.891. The molecule has 1 aliphatic rings. The van der Waals surface area contributed by atoms with Crippen LogP contribution in [0.4, 0.5) is 0 Å². The van der Waals surface area contributed by atoms with Crippen molar-refractivity contribution in [3.8, 4) is 5.88 Å². The second-order valence-electron chi connectivity index (χ2n) is 3.84. The molecule has 0 amide bonds. The minimum atomic E-state index is 0.0459. The van der Waals surface area contributed by atoms with Crippen LogP contribution in [0.3, 0.4) is 0 Å². The Kier molecular flexibility index (Phi) is 2.27. The quantitative estimate of drug-likeness (QED) is 0.741. The van der Waals surface area contributed by atoms with Crippen molar-refractivity contribution in [1.29, 1.82) is 0 Å². The molecule has 0 aromatic carbocycles. The standard InChI is InChI=1S/C11H13N3O2/c15-10-3-1-2-8-6-13-11(14(8)10)9-7-16-5-4-12-9/h1-3,6,9,12,15H,4-5,7H2. The molecule has 2 aromatic heterocycles. The van der Waals surface area contributed by atoms with Crippen molar-refractivity contribution in [1.82, 2.24) is 14.7 Å². The minimum Gasteiger partial charge on any atom is -0.494 e. The van der Waals surface area contributed by atoms with Crippen LogP contribution in [-0.4, -0.2) is 34.2 Å². The Labute approximate surface area is 92.7 Å². The Balaban J connectivity index is 2.09. The van der Waals surface area contributed by atoms with E-state index in [2.05, 4.69) is 10.3 Å². The molecule has 84 valence electrons. The third kappa shape index (κ3) is 1.45.